The Labute approximate surface area is 145 Å². The maximum atomic E-state index is 11.7. The average molecular weight is 322 g/mol. The quantitative estimate of drug-likeness (QED) is 0.524. The SMILES string of the molecule is CCCc1ccc(-c2ccc(/C=C/C(=O)OC(C)(C)C)cc2)cc1. The second-order valence-corrected chi connectivity index (χ2v) is 6.94. The van der Waals surface area contributed by atoms with Crippen LogP contribution >= 0.6 is 0 Å². The summed E-state index contributed by atoms with van der Waals surface area (Å²) in [6.45, 7) is 7.77. The van der Waals surface area contributed by atoms with Gasteiger partial charge in [-0.05, 0) is 55.5 Å². The van der Waals surface area contributed by atoms with Gasteiger partial charge in [-0.2, -0.15) is 0 Å². The molecule has 0 saturated heterocycles. The van der Waals surface area contributed by atoms with Crippen molar-refractivity contribution in [3.63, 3.8) is 0 Å². The predicted molar refractivity (Wildman–Crippen MR) is 101 cm³/mol. The molecule has 0 radical (unpaired) electrons. The molecule has 0 unspecified atom stereocenters. The molecule has 0 spiro atoms. The molecule has 0 amide bonds. The zero-order chi connectivity index (χ0) is 17.6. The lowest BCUT2D eigenvalue weighted by Gasteiger charge is -2.17. The molecule has 0 aliphatic carbocycles. The Kier molecular flexibility index (Phi) is 5.97. The normalized spacial score (nSPS) is 11.7. The number of hydrogen-bond donors (Lipinski definition) is 0. The lowest BCUT2D eigenvalue weighted by Crippen LogP contribution is -2.22. The van der Waals surface area contributed by atoms with Crippen LogP contribution in [0.2, 0.25) is 0 Å². The van der Waals surface area contributed by atoms with Crippen LogP contribution in [0.4, 0.5) is 0 Å². The van der Waals surface area contributed by atoms with Gasteiger partial charge in [-0.15, -0.1) is 0 Å². The maximum Gasteiger partial charge on any atom is 0.331 e. The van der Waals surface area contributed by atoms with Gasteiger partial charge in [0.15, 0.2) is 0 Å². The van der Waals surface area contributed by atoms with Crippen LogP contribution in [0.5, 0.6) is 0 Å². The number of esters is 1. The topological polar surface area (TPSA) is 26.3 Å². The molecule has 0 atom stereocenters. The molecule has 2 heteroatoms. The molecule has 0 aliphatic heterocycles. The third-order valence-corrected chi connectivity index (χ3v) is 3.56. The van der Waals surface area contributed by atoms with E-state index in [-0.39, 0.29) is 5.97 Å². The largest absolute Gasteiger partial charge is 0.457 e. The average Bonchev–Trinajstić information content (AvgIpc) is 2.53. The summed E-state index contributed by atoms with van der Waals surface area (Å²) in [5, 5.41) is 0. The highest BCUT2D eigenvalue weighted by Crippen LogP contribution is 2.21. The van der Waals surface area contributed by atoms with Gasteiger partial charge < -0.3 is 4.74 Å². The van der Waals surface area contributed by atoms with Crippen molar-refractivity contribution in [1.29, 1.82) is 0 Å². The van der Waals surface area contributed by atoms with Crippen molar-refractivity contribution in [2.45, 2.75) is 46.1 Å². The summed E-state index contributed by atoms with van der Waals surface area (Å²) in [5.41, 5.74) is 4.27. The van der Waals surface area contributed by atoms with E-state index in [1.54, 1.807) is 6.08 Å². The van der Waals surface area contributed by atoms with Crippen molar-refractivity contribution in [2.24, 2.45) is 0 Å². The Bertz CT molecular complexity index is 686. The van der Waals surface area contributed by atoms with Gasteiger partial charge in [0, 0.05) is 6.08 Å². The van der Waals surface area contributed by atoms with Crippen molar-refractivity contribution < 1.29 is 9.53 Å². The zero-order valence-electron chi connectivity index (χ0n) is 15.0. The Balaban J connectivity index is 2.03. The molecular formula is C22H26O2. The second kappa shape index (κ2) is 7.96. The van der Waals surface area contributed by atoms with E-state index in [1.165, 1.54) is 22.8 Å². The number of carbonyl (C=O) groups is 1. The summed E-state index contributed by atoms with van der Waals surface area (Å²) in [5.74, 6) is -0.321. The highest BCUT2D eigenvalue weighted by Gasteiger charge is 2.13. The lowest BCUT2D eigenvalue weighted by atomic mass is 10.0. The standard InChI is InChI=1S/C22H26O2/c1-5-6-17-7-12-19(13-8-17)20-14-9-18(10-15-20)11-16-21(23)24-22(2,3)4/h7-16H,5-6H2,1-4H3/b16-11+. The molecular weight excluding hydrogens is 296 g/mol. The van der Waals surface area contributed by atoms with Crippen LogP contribution in [-0.4, -0.2) is 11.6 Å². The molecule has 0 saturated carbocycles. The van der Waals surface area contributed by atoms with Crippen LogP contribution in [-0.2, 0) is 16.0 Å². The summed E-state index contributed by atoms with van der Waals surface area (Å²) >= 11 is 0. The molecule has 24 heavy (non-hydrogen) atoms. The van der Waals surface area contributed by atoms with E-state index in [0.29, 0.717) is 0 Å². The van der Waals surface area contributed by atoms with Crippen LogP contribution < -0.4 is 0 Å². The van der Waals surface area contributed by atoms with Gasteiger partial charge in [-0.1, -0.05) is 61.9 Å². The number of carbonyl (C=O) groups excluding carboxylic acids is 1. The summed E-state index contributed by atoms with van der Waals surface area (Å²) in [7, 11) is 0. The van der Waals surface area contributed by atoms with E-state index in [2.05, 4.69) is 43.3 Å². The summed E-state index contributed by atoms with van der Waals surface area (Å²) in [4.78, 5) is 11.7. The van der Waals surface area contributed by atoms with Gasteiger partial charge in [-0.3, -0.25) is 0 Å². The van der Waals surface area contributed by atoms with Gasteiger partial charge in [0.2, 0.25) is 0 Å². The minimum absolute atomic E-state index is 0.321. The second-order valence-electron chi connectivity index (χ2n) is 6.94. The summed E-state index contributed by atoms with van der Waals surface area (Å²) in [6.07, 6.45) is 5.54. The van der Waals surface area contributed by atoms with Gasteiger partial charge in [0.25, 0.3) is 0 Å². The van der Waals surface area contributed by atoms with Crippen molar-refractivity contribution in [2.75, 3.05) is 0 Å². The molecule has 0 N–H and O–H groups in total. The fourth-order valence-corrected chi connectivity index (χ4v) is 2.44. The van der Waals surface area contributed by atoms with E-state index in [1.807, 2.05) is 32.9 Å². The molecule has 2 nitrogen and oxygen atoms in total. The molecule has 0 bridgehead atoms. The van der Waals surface area contributed by atoms with E-state index in [0.717, 1.165) is 18.4 Å². The van der Waals surface area contributed by atoms with Crippen LogP contribution in [0.3, 0.4) is 0 Å². The predicted octanol–water partition coefficient (Wildman–Crippen LogP) is 5.66. The Morgan fingerprint density at radius 3 is 2.00 bits per heavy atom. The third kappa shape index (κ3) is 5.69. The molecule has 126 valence electrons. The Morgan fingerprint density at radius 1 is 0.958 bits per heavy atom. The van der Waals surface area contributed by atoms with E-state index in [9.17, 15) is 4.79 Å². The van der Waals surface area contributed by atoms with Crippen molar-refractivity contribution in [3.8, 4) is 11.1 Å². The molecule has 0 fully saturated rings. The molecule has 0 heterocycles. The van der Waals surface area contributed by atoms with Crippen LogP contribution in [0, 0.1) is 0 Å². The number of ether oxygens (including phenoxy) is 1. The minimum atomic E-state index is -0.463. The highest BCUT2D eigenvalue weighted by molar-refractivity contribution is 5.87. The van der Waals surface area contributed by atoms with Gasteiger partial charge >= 0.3 is 5.97 Å². The van der Waals surface area contributed by atoms with E-state index >= 15 is 0 Å². The molecule has 2 rings (SSSR count). The molecule has 0 aliphatic rings. The van der Waals surface area contributed by atoms with Crippen LogP contribution in [0.1, 0.15) is 45.2 Å². The summed E-state index contributed by atoms with van der Waals surface area (Å²) < 4.78 is 5.26. The third-order valence-electron chi connectivity index (χ3n) is 3.56. The van der Waals surface area contributed by atoms with Gasteiger partial charge in [0.1, 0.15) is 5.60 Å². The Hall–Kier alpha value is -2.35. The first-order chi connectivity index (χ1) is 11.4. The van der Waals surface area contributed by atoms with E-state index < -0.39 is 5.60 Å². The van der Waals surface area contributed by atoms with E-state index in [4.69, 9.17) is 4.74 Å². The first-order valence-corrected chi connectivity index (χ1v) is 8.48. The van der Waals surface area contributed by atoms with Crippen LogP contribution in [0.15, 0.2) is 54.6 Å². The monoisotopic (exact) mass is 322 g/mol. The minimum Gasteiger partial charge on any atom is -0.457 e. The first-order valence-electron chi connectivity index (χ1n) is 8.48. The smallest absolute Gasteiger partial charge is 0.331 e. The fraction of sp³-hybridized carbons (Fsp3) is 0.318. The first kappa shape index (κ1) is 18.0. The molecule has 2 aromatic rings. The Morgan fingerprint density at radius 2 is 1.50 bits per heavy atom. The van der Waals surface area contributed by atoms with Gasteiger partial charge in [0.05, 0.1) is 0 Å². The maximum absolute atomic E-state index is 11.7. The fourth-order valence-electron chi connectivity index (χ4n) is 2.44. The number of hydrogen-bond acceptors (Lipinski definition) is 2. The van der Waals surface area contributed by atoms with Gasteiger partial charge in [-0.25, -0.2) is 4.79 Å². The summed E-state index contributed by atoms with van der Waals surface area (Å²) in [6, 6.07) is 16.9. The number of aryl methyl sites for hydroxylation is 1. The number of benzene rings is 2. The molecule has 0 aromatic heterocycles. The van der Waals surface area contributed by atoms with Crippen molar-refractivity contribution in [3.05, 3.63) is 65.7 Å². The van der Waals surface area contributed by atoms with Crippen molar-refractivity contribution in [1.82, 2.24) is 0 Å². The highest BCUT2D eigenvalue weighted by atomic mass is 16.6. The molecule has 2 aromatic carbocycles. The zero-order valence-corrected chi connectivity index (χ0v) is 15.0. The van der Waals surface area contributed by atoms with Crippen LogP contribution in [0.25, 0.3) is 17.2 Å². The number of rotatable bonds is 5. The van der Waals surface area contributed by atoms with Crippen molar-refractivity contribution >= 4 is 12.0 Å². The lowest BCUT2D eigenvalue weighted by molar-refractivity contribution is -0.148.